The zero-order valence-corrected chi connectivity index (χ0v) is 16.2. The average Bonchev–Trinajstić information content (AvgIpc) is 2.92. The first-order valence-electron chi connectivity index (χ1n) is 8.14. The number of nitrogens with one attached hydrogen (secondary N) is 1. The first kappa shape index (κ1) is 20.0. The maximum absolute atomic E-state index is 12.1. The van der Waals surface area contributed by atoms with Crippen LogP contribution in [-0.4, -0.2) is 32.8 Å². The molecule has 138 valence electrons. The van der Waals surface area contributed by atoms with Crippen LogP contribution in [0, 0.1) is 11.3 Å². The van der Waals surface area contributed by atoms with Crippen molar-refractivity contribution in [2.24, 2.45) is 0 Å². The summed E-state index contributed by atoms with van der Waals surface area (Å²) in [5.74, 6) is 0.304. The van der Waals surface area contributed by atoms with E-state index < -0.39 is 5.97 Å². The minimum absolute atomic E-state index is 0.273. The lowest BCUT2D eigenvalue weighted by atomic mass is 10.1. The Kier molecular flexibility index (Phi) is 7.27. The molecule has 0 aliphatic heterocycles. The van der Waals surface area contributed by atoms with Crippen molar-refractivity contribution < 1.29 is 19.2 Å². The summed E-state index contributed by atoms with van der Waals surface area (Å²) in [6, 6.07) is 9.25. The summed E-state index contributed by atoms with van der Waals surface area (Å²) in [5.41, 5.74) is 6.89. The number of halogens is 1. The lowest BCUT2D eigenvalue weighted by molar-refractivity contribution is -0.893. The van der Waals surface area contributed by atoms with Crippen molar-refractivity contribution in [3.8, 4) is 11.8 Å². The molecule has 0 bridgehead atoms. The summed E-state index contributed by atoms with van der Waals surface area (Å²) in [6.45, 7) is 3.67. The van der Waals surface area contributed by atoms with Crippen molar-refractivity contribution in [2.75, 3.05) is 32.5 Å². The Morgan fingerprint density at radius 1 is 1.38 bits per heavy atom. The molecule has 0 aliphatic carbocycles. The number of hydrogen-bond acceptors (Lipinski definition) is 6. The van der Waals surface area contributed by atoms with Crippen LogP contribution in [0.3, 0.4) is 0 Å². The quantitative estimate of drug-likeness (QED) is 0.669. The maximum Gasteiger partial charge on any atom is 0.348 e. The number of thiophene rings is 1. The fourth-order valence-electron chi connectivity index (χ4n) is 2.40. The molecule has 2 aromatic rings. The monoisotopic (exact) mass is 394 g/mol. The van der Waals surface area contributed by atoms with Gasteiger partial charge in [0.05, 0.1) is 24.8 Å². The number of rotatable bonds is 8. The van der Waals surface area contributed by atoms with Crippen molar-refractivity contribution in [2.45, 2.75) is 13.5 Å². The van der Waals surface area contributed by atoms with Crippen LogP contribution in [0.4, 0.5) is 5.00 Å². The Balaban J connectivity index is 2.01. The highest BCUT2D eigenvalue weighted by molar-refractivity contribution is 7.18. The fraction of sp³-hybridized carbons (Fsp3) is 0.333. The Bertz CT molecular complexity index is 799. The average molecular weight is 395 g/mol. The number of nitrogens with two attached hydrogens (primary N) is 1. The van der Waals surface area contributed by atoms with Crippen LogP contribution in [0.5, 0.6) is 5.75 Å². The van der Waals surface area contributed by atoms with E-state index in [1.54, 1.807) is 19.1 Å². The Morgan fingerprint density at radius 3 is 2.69 bits per heavy atom. The third-order valence-corrected chi connectivity index (χ3v) is 4.99. The van der Waals surface area contributed by atoms with Gasteiger partial charge >= 0.3 is 5.97 Å². The molecule has 0 aliphatic rings. The number of hydrogen-bond donors (Lipinski definition) is 2. The lowest BCUT2D eigenvalue weighted by Gasteiger charge is -2.15. The predicted octanol–water partition coefficient (Wildman–Crippen LogP) is 2.13. The SMILES string of the molecule is CCOC(=O)c1sc(N)c(C#N)c1C[NH+](C)CCOc1ccc(Cl)cc1. The molecule has 3 N–H and O–H groups in total. The molecular formula is C18H21ClN3O3S+. The van der Waals surface area contributed by atoms with E-state index in [-0.39, 0.29) is 6.61 Å². The largest absolute Gasteiger partial charge is 0.488 e. The molecule has 6 nitrogen and oxygen atoms in total. The van der Waals surface area contributed by atoms with Crippen molar-refractivity contribution >= 4 is 33.9 Å². The number of esters is 1. The van der Waals surface area contributed by atoms with Crippen molar-refractivity contribution in [1.29, 1.82) is 5.26 Å². The standard InChI is InChI=1S/C18H20ClN3O3S/c1-3-24-18(23)16-15(14(10-20)17(21)26-16)11-22(2)8-9-25-13-6-4-12(19)5-7-13/h4-7H,3,8-9,11,21H2,1-2H3/p+1. The number of quaternary nitrogens is 1. The van der Waals surface area contributed by atoms with E-state index in [1.807, 2.05) is 19.2 Å². The molecule has 1 heterocycles. The van der Waals surface area contributed by atoms with E-state index in [9.17, 15) is 10.1 Å². The highest BCUT2D eigenvalue weighted by Gasteiger charge is 2.25. The van der Waals surface area contributed by atoms with Crippen molar-refractivity contribution in [3.63, 3.8) is 0 Å². The van der Waals surface area contributed by atoms with Crippen molar-refractivity contribution in [3.05, 3.63) is 45.3 Å². The second kappa shape index (κ2) is 9.43. The van der Waals surface area contributed by atoms with E-state index in [1.165, 1.54) is 0 Å². The van der Waals surface area contributed by atoms with Gasteiger partial charge in [-0.05, 0) is 31.2 Å². The van der Waals surface area contributed by atoms with Gasteiger partial charge < -0.3 is 20.1 Å². The normalized spacial score (nSPS) is 11.6. The second-order valence-electron chi connectivity index (χ2n) is 5.67. The van der Waals surface area contributed by atoms with Gasteiger partial charge in [-0.3, -0.25) is 0 Å². The summed E-state index contributed by atoms with van der Waals surface area (Å²) < 4.78 is 10.8. The van der Waals surface area contributed by atoms with Crippen molar-refractivity contribution in [1.82, 2.24) is 0 Å². The second-order valence-corrected chi connectivity index (χ2v) is 7.16. The third kappa shape index (κ3) is 5.11. The molecule has 0 amide bonds. The van der Waals surface area contributed by atoms with Gasteiger partial charge in [0.2, 0.25) is 0 Å². The minimum Gasteiger partial charge on any atom is -0.488 e. The molecule has 8 heteroatoms. The first-order valence-corrected chi connectivity index (χ1v) is 9.33. The van der Waals surface area contributed by atoms with E-state index in [0.717, 1.165) is 22.0 Å². The molecule has 26 heavy (non-hydrogen) atoms. The number of ether oxygens (including phenoxy) is 2. The van der Waals surface area contributed by atoms with Crippen LogP contribution in [0.1, 0.15) is 27.7 Å². The number of anilines is 1. The molecule has 0 spiro atoms. The Hall–Kier alpha value is -2.27. The molecule has 0 saturated heterocycles. The van der Waals surface area contributed by atoms with Gasteiger partial charge in [-0.15, -0.1) is 11.3 Å². The van der Waals surface area contributed by atoms with Crippen LogP contribution in [0.15, 0.2) is 24.3 Å². The third-order valence-electron chi connectivity index (χ3n) is 3.70. The van der Waals surface area contributed by atoms with Gasteiger partial charge in [-0.2, -0.15) is 5.26 Å². The summed E-state index contributed by atoms with van der Waals surface area (Å²) >= 11 is 6.95. The Morgan fingerprint density at radius 2 is 2.08 bits per heavy atom. The zero-order valence-electron chi connectivity index (χ0n) is 14.7. The van der Waals surface area contributed by atoms with Crippen LogP contribution in [0.2, 0.25) is 5.02 Å². The minimum atomic E-state index is -0.439. The summed E-state index contributed by atoms with van der Waals surface area (Å²) in [6.07, 6.45) is 0. The molecule has 0 radical (unpaired) electrons. The number of benzene rings is 1. The fourth-order valence-corrected chi connectivity index (χ4v) is 3.46. The van der Waals surface area contributed by atoms with E-state index in [0.29, 0.717) is 45.7 Å². The Labute approximate surface area is 161 Å². The number of nitrogens with zero attached hydrogens (tertiary/aromatic N) is 1. The van der Waals surface area contributed by atoms with Gasteiger partial charge in [-0.1, -0.05) is 11.6 Å². The number of nitrogen functional groups attached to an aromatic ring is 1. The molecule has 1 aromatic carbocycles. The molecule has 0 fully saturated rings. The molecule has 1 unspecified atom stereocenters. The predicted molar refractivity (Wildman–Crippen MR) is 102 cm³/mol. The topological polar surface area (TPSA) is 89.8 Å². The summed E-state index contributed by atoms with van der Waals surface area (Å²) in [4.78, 5) is 13.6. The maximum atomic E-state index is 12.1. The highest BCUT2D eigenvalue weighted by Crippen LogP contribution is 2.30. The van der Waals surface area contributed by atoms with Crippen LogP contribution < -0.4 is 15.4 Å². The lowest BCUT2D eigenvalue weighted by Crippen LogP contribution is -3.08. The molecule has 1 aromatic heterocycles. The smallest absolute Gasteiger partial charge is 0.348 e. The van der Waals surface area contributed by atoms with Gasteiger partial charge in [-0.25, -0.2) is 4.79 Å². The van der Waals surface area contributed by atoms with E-state index >= 15 is 0 Å². The molecule has 1 atom stereocenters. The molecule has 2 rings (SSSR count). The van der Waals surface area contributed by atoms with Gasteiger partial charge in [0.25, 0.3) is 0 Å². The summed E-state index contributed by atoms with van der Waals surface area (Å²) in [5, 5.41) is 10.4. The number of likely N-dealkylation sites (N-methyl/N-ethyl adjacent to an activating group) is 1. The van der Waals surface area contributed by atoms with Gasteiger partial charge in [0.1, 0.15) is 41.4 Å². The van der Waals surface area contributed by atoms with Crippen LogP contribution >= 0.6 is 22.9 Å². The number of carbonyl (C=O) groups is 1. The van der Waals surface area contributed by atoms with Crippen LogP contribution in [0.25, 0.3) is 0 Å². The molecular weight excluding hydrogens is 374 g/mol. The van der Waals surface area contributed by atoms with Gasteiger partial charge in [0, 0.05) is 5.02 Å². The molecule has 0 saturated carbocycles. The number of nitriles is 1. The van der Waals surface area contributed by atoms with Crippen LogP contribution in [-0.2, 0) is 11.3 Å². The highest BCUT2D eigenvalue weighted by atomic mass is 35.5. The van der Waals surface area contributed by atoms with E-state index in [2.05, 4.69) is 6.07 Å². The number of carbonyl (C=O) groups excluding carboxylic acids is 1. The van der Waals surface area contributed by atoms with Gasteiger partial charge in [0.15, 0.2) is 0 Å². The van der Waals surface area contributed by atoms with E-state index in [4.69, 9.17) is 26.8 Å². The summed E-state index contributed by atoms with van der Waals surface area (Å²) in [7, 11) is 1.97. The zero-order chi connectivity index (χ0) is 19.1. The first-order chi connectivity index (χ1) is 12.5.